The summed E-state index contributed by atoms with van der Waals surface area (Å²) >= 11 is 0. The van der Waals surface area contributed by atoms with E-state index in [1.54, 1.807) is 12.1 Å². The fraction of sp³-hybridized carbons (Fsp3) is 0.250. The van der Waals surface area contributed by atoms with E-state index in [2.05, 4.69) is 10.3 Å². The van der Waals surface area contributed by atoms with E-state index in [0.717, 1.165) is 35.0 Å². The Morgan fingerprint density at radius 1 is 1.02 bits per heavy atom. The smallest absolute Gasteiger partial charge is 0.416 e. The summed E-state index contributed by atoms with van der Waals surface area (Å²) in [6.07, 6.45) is -3.38. The molecule has 0 aliphatic carbocycles. The highest BCUT2D eigenvalue weighted by Gasteiger charge is 2.32. The summed E-state index contributed by atoms with van der Waals surface area (Å²) < 4.78 is 60.4. The third-order valence-electron chi connectivity index (χ3n) is 6.80. The fourth-order valence-corrected chi connectivity index (χ4v) is 4.52. The monoisotopic (exact) mass is 591 g/mol. The van der Waals surface area contributed by atoms with Crippen LogP contribution in [0.25, 0.3) is 10.9 Å². The van der Waals surface area contributed by atoms with Crippen LogP contribution in [0.1, 0.15) is 26.4 Å². The van der Waals surface area contributed by atoms with Crippen LogP contribution in [-0.4, -0.2) is 59.5 Å². The van der Waals surface area contributed by atoms with Gasteiger partial charge >= 0.3 is 6.18 Å². The molecule has 0 spiro atoms. The van der Waals surface area contributed by atoms with Crippen molar-refractivity contribution < 1.29 is 31.9 Å². The van der Waals surface area contributed by atoms with Crippen LogP contribution in [0.5, 0.6) is 11.6 Å². The summed E-state index contributed by atoms with van der Waals surface area (Å²) in [6, 6.07) is 12.0. The number of halogens is 5. The topological polar surface area (TPSA) is 79.7 Å². The van der Waals surface area contributed by atoms with E-state index in [-0.39, 0.29) is 29.9 Å². The number of aromatic nitrogens is 2. The number of nitrogens with zero attached hydrogens (tertiary/aromatic N) is 4. The molecular weight excluding hydrogens is 566 g/mol. The zero-order chi connectivity index (χ0) is 28.6. The molecular formula is C28H26ClF4N5O3. The Labute approximate surface area is 238 Å². The van der Waals surface area contributed by atoms with Crippen molar-refractivity contribution >= 4 is 40.8 Å². The minimum Gasteiger partial charge on any atom is -0.439 e. The maximum atomic E-state index is 14.3. The van der Waals surface area contributed by atoms with Gasteiger partial charge in [0, 0.05) is 57.8 Å². The van der Waals surface area contributed by atoms with Gasteiger partial charge in [-0.15, -0.1) is 12.4 Å². The Morgan fingerprint density at radius 3 is 2.39 bits per heavy atom. The van der Waals surface area contributed by atoms with Crippen LogP contribution in [0.2, 0.25) is 0 Å². The van der Waals surface area contributed by atoms with E-state index >= 15 is 0 Å². The van der Waals surface area contributed by atoms with E-state index in [0.29, 0.717) is 36.7 Å². The van der Waals surface area contributed by atoms with Crippen LogP contribution in [0.15, 0.2) is 60.8 Å². The Hall–Kier alpha value is -4.16. The van der Waals surface area contributed by atoms with Gasteiger partial charge in [-0.05, 0) is 42.5 Å². The van der Waals surface area contributed by atoms with Crippen molar-refractivity contribution in [2.45, 2.75) is 6.18 Å². The molecule has 0 unspecified atom stereocenters. The number of hydrogen-bond donors (Lipinski definition) is 1. The van der Waals surface area contributed by atoms with Crippen LogP contribution in [0, 0.1) is 5.82 Å². The summed E-state index contributed by atoms with van der Waals surface area (Å²) in [6.45, 7) is 2.82. The highest BCUT2D eigenvalue weighted by Crippen LogP contribution is 2.31. The molecule has 1 aliphatic rings. The number of piperazine rings is 1. The van der Waals surface area contributed by atoms with E-state index in [1.165, 1.54) is 25.4 Å². The van der Waals surface area contributed by atoms with Gasteiger partial charge in [-0.2, -0.15) is 13.2 Å². The Kier molecular flexibility index (Phi) is 8.55. The van der Waals surface area contributed by atoms with Crippen molar-refractivity contribution in [1.29, 1.82) is 0 Å². The summed E-state index contributed by atoms with van der Waals surface area (Å²) in [5.41, 5.74) is -0.0133. The van der Waals surface area contributed by atoms with Crippen LogP contribution in [0.3, 0.4) is 0 Å². The number of amides is 2. The van der Waals surface area contributed by atoms with Crippen LogP contribution < -0.4 is 15.0 Å². The quantitative estimate of drug-likeness (QED) is 0.320. The molecule has 41 heavy (non-hydrogen) atoms. The van der Waals surface area contributed by atoms with Crippen LogP contribution >= 0.6 is 12.4 Å². The molecule has 1 aliphatic heterocycles. The van der Waals surface area contributed by atoms with Crippen molar-refractivity contribution in [2.75, 3.05) is 38.1 Å². The van der Waals surface area contributed by atoms with Crippen molar-refractivity contribution in [3.05, 3.63) is 83.4 Å². The third-order valence-corrected chi connectivity index (χ3v) is 6.80. The second kappa shape index (κ2) is 11.8. The first kappa shape index (κ1) is 29.8. The normalized spacial score (nSPS) is 13.6. The molecule has 3 heterocycles. The molecule has 2 aromatic carbocycles. The number of pyridine rings is 1. The van der Waals surface area contributed by atoms with Gasteiger partial charge in [0.2, 0.25) is 5.88 Å². The lowest BCUT2D eigenvalue weighted by Gasteiger charge is -2.27. The SMILES string of the molecule is CN(C(=O)c1ccc(C(F)(F)F)cc1F)c1ccc(Oc2ccc3cc(C(=O)N4CCNCC4)n(C)c3c2)nc1.Cl. The number of ether oxygens (including phenoxy) is 1. The highest BCUT2D eigenvalue weighted by atomic mass is 35.5. The lowest BCUT2D eigenvalue weighted by molar-refractivity contribution is -0.137. The molecule has 2 aromatic heterocycles. The zero-order valence-electron chi connectivity index (χ0n) is 22.0. The molecule has 1 fully saturated rings. The minimum atomic E-state index is -4.72. The molecule has 0 radical (unpaired) electrons. The lowest BCUT2D eigenvalue weighted by Crippen LogP contribution is -2.46. The Bertz CT molecular complexity index is 1580. The molecule has 1 saturated heterocycles. The first-order valence-corrected chi connectivity index (χ1v) is 12.4. The third kappa shape index (κ3) is 6.13. The maximum absolute atomic E-state index is 14.3. The number of rotatable bonds is 5. The van der Waals surface area contributed by atoms with Gasteiger partial charge in [0.25, 0.3) is 11.8 Å². The van der Waals surface area contributed by atoms with Gasteiger partial charge in [-0.3, -0.25) is 9.59 Å². The molecule has 0 atom stereocenters. The molecule has 216 valence electrons. The van der Waals surface area contributed by atoms with Gasteiger partial charge in [0.1, 0.15) is 17.3 Å². The molecule has 0 bridgehead atoms. The molecule has 13 heteroatoms. The number of carbonyl (C=O) groups excluding carboxylic acids is 2. The summed E-state index contributed by atoms with van der Waals surface area (Å²) in [7, 11) is 3.18. The minimum absolute atomic E-state index is 0. The first-order chi connectivity index (χ1) is 19.0. The van der Waals surface area contributed by atoms with Crippen LogP contribution in [0.4, 0.5) is 23.2 Å². The molecule has 8 nitrogen and oxygen atoms in total. The summed E-state index contributed by atoms with van der Waals surface area (Å²) in [5.74, 6) is -1.44. The van der Waals surface area contributed by atoms with E-state index in [1.807, 2.05) is 28.6 Å². The van der Waals surface area contributed by atoms with E-state index in [9.17, 15) is 27.2 Å². The number of nitrogens with one attached hydrogen (secondary N) is 1. The van der Waals surface area contributed by atoms with Crippen molar-refractivity contribution in [3.63, 3.8) is 0 Å². The number of benzene rings is 2. The number of hydrogen-bond acceptors (Lipinski definition) is 5. The van der Waals surface area contributed by atoms with Gasteiger partial charge in [-0.25, -0.2) is 9.37 Å². The molecule has 4 aromatic rings. The Balaban J connectivity index is 0.00000387. The average Bonchev–Trinajstić information content (AvgIpc) is 3.27. The second-order valence-electron chi connectivity index (χ2n) is 9.36. The van der Waals surface area contributed by atoms with E-state index in [4.69, 9.17) is 4.74 Å². The van der Waals surface area contributed by atoms with Crippen molar-refractivity contribution in [1.82, 2.24) is 19.8 Å². The highest BCUT2D eigenvalue weighted by molar-refractivity contribution is 6.06. The number of anilines is 1. The number of aryl methyl sites for hydroxylation is 1. The summed E-state index contributed by atoms with van der Waals surface area (Å²) in [4.78, 5) is 32.8. The second-order valence-corrected chi connectivity index (χ2v) is 9.36. The van der Waals surface area contributed by atoms with Crippen molar-refractivity contribution in [2.24, 2.45) is 7.05 Å². The zero-order valence-corrected chi connectivity index (χ0v) is 22.9. The van der Waals surface area contributed by atoms with E-state index < -0.39 is 29.0 Å². The lowest BCUT2D eigenvalue weighted by atomic mass is 10.1. The predicted octanol–water partition coefficient (Wildman–Crippen LogP) is 5.27. The van der Waals surface area contributed by atoms with Crippen LogP contribution in [-0.2, 0) is 13.2 Å². The molecule has 0 saturated carbocycles. The fourth-order valence-electron chi connectivity index (χ4n) is 4.52. The molecule has 1 N–H and O–H groups in total. The maximum Gasteiger partial charge on any atom is 0.416 e. The largest absolute Gasteiger partial charge is 0.439 e. The molecule has 5 rings (SSSR count). The van der Waals surface area contributed by atoms with Gasteiger partial charge in [0.05, 0.1) is 28.5 Å². The predicted molar refractivity (Wildman–Crippen MR) is 147 cm³/mol. The molecule has 2 amide bonds. The number of fused-ring (bicyclic) bond motifs is 1. The van der Waals surface area contributed by atoms with Gasteiger partial charge < -0.3 is 24.4 Å². The average molecular weight is 592 g/mol. The summed E-state index contributed by atoms with van der Waals surface area (Å²) in [5, 5.41) is 4.11. The first-order valence-electron chi connectivity index (χ1n) is 12.4. The standard InChI is InChI=1S/C28H25F4N5O3.ClH/c1-35(26(38)21-7-4-18(14-22(21)29)28(30,31)32)19-5-8-25(34-16-19)40-20-6-3-17-13-24(36(2)23(17)15-20)27(39)37-11-9-33-10-12-37;/h3-8,13-16,33H,9-12H2,1-2H3;1H. The Morgan fingerprint density at radius 2 is 1.76 bits per heavy atom. The number of alkyl halides is 3. The van der Waals surface area contributed by atoms with Gasteiger partial charge in [-0.1, -0.05) is 0 Å². The van der Waals surface area contributed by atoms with Crippen molar-refractivity contribution in [3.8, 4) is 11.6 Å². The van der Waals surface area contributed by atoms with Gasteiger partial charge in [0.15, 0.2) is 0 Å². The number of carbonyl (C=O) groups is 2.